The lowest BCUT2D eigenvalue weighted by Crippen LogP contribution is -2.21. The zero-order valence-corrected chi connectivity index (χ0v) is 9.37. The van der Waals surface area contributed by atoms with E-state index in [1.807, 2.05) is 32.2 Å². The Morgan fingerprint density at radius 3 is 2.60 bits per heavy atom. The molecule has 0 saturated heterocycles. The van der Waals surface area contributed by atoms with E-state index in [-0.39, 0.29) is 5.56 Å². The fourth-order valence-corrected chi connectivity index (χ4v) is 2.17. The lowest BCUT2D eigenvalue weighted by atomic mass is 10.0. The molecule has 0 saturated carbocycles. The van der Waals surface area contributed by atoms with Gasteiger partial charge in [0.05, 0.1) is 5.52 Å². The largest absolute Gasteiger partial charge is 0.311 e. The van der Waals surface area contributed by atoms with E-state index in [1.165, 1.54) is 10.9 Å². The van der Waals surface area contributed by atoms with Crippen molar-refractivity contribution in [2.45, 2.75) is 20.3 Å². The summed E-state index contributed by atoms with van der Waals surface area (Å²) in [4.78, 5) is 11.9. The molecule has 0 unspecified atom stereocenters. The topological polar surface area (TPSA) is 22.0 Å². The first-order valence-electron chi connectivity index (χ1n) is 5.24. The summed E-state index contributed by atoms with van der Waals surface area (Å²) in [6.07, 6.45) is 0.905. The molecule has 0 amide bonds. The average Bonchev–Trinajstić information content (AvgIpc) is 2.27. The highest BCUT2D eigenvalue weighted by Crippen LogP contribution is 2.19. The van der Waals surface area contributed by atoms with Gasteiger partial charge < -0.3 is 4.57 Å². The van der Waals surface area contributed by atoms with E-state index in [9.17, 15) is 4.79 Å². The first kappa shape index (κ1) is 9.97. The van der Waals surface area contributed by atoms with Gasteiger partial charge in [-0.3, -0.25) is 4.79 Å². The van der Waals surface area contributed by atoms with Crippen molar-refractivity contribution in [1.82, 2.24) is 4.57 Å². The second kappa shape index (κ2) is 3.54. The lowest BCUT2D eigenvalue weighted by Gasteiger charge is -2.11. The van der Waals surface area contributed by atoms with Crippen molar-refractivity contribution in [2.75, 3.05) is 0 Å². The third kappa shape index (κ3) is 1.37. The number of hydrogen-bond acceptors (Lipinski definition) is 1. The van der Waals surface area contributed by atoms with Crippen LogP contribution in [0.4, 0.5) is 0 Å². The fraction of sp³-hybridized carbons (Fsp3) is 0.308. The molecule has 0 bridgehead atoms. The van der Waals surface area contributed by atoms with Gasteiger partial charge in [-0.05, 0) is 25.0 Å². The van der Waals surface area contributed by atoms with Crippen molar-refractivity contribution in [3.63, 3.8) is 0 Å². The Balaban J connectivity index is 3.05. The van der Waals surface area contributed by atoms with Crippen LogP contribution in [0.1, 0.15) is 18.1 Å². The molecule has 2 nitrogen and oxygen atoms in total. The van der Waals surface area contributed by atoms with Crippen molar-refractivity contribution in [3.05, 3.63) is 45.7 Å². The minimum absolute atomic E-state index is 0.116. The summed E-state index contributed by atoms with van der Waals surface area (Å²) in [5.74, 6) is 0. The first-order valence-corrected chi connectivity index (χ1v) is 5.24. The van der Waals surface area contributed by atoms with E-state index in [0.29, 0.717) is 0 Å². The number of nitrogens with zero attached hydrogens (tertiary/aromatic N) is 1. The van der Waals surface area contributed by atoms with Gasteiger partial charge in [-0.25, -0.2) is 0 Å². The van der Waals surface area contributed by atoms with Gasteiger partial charge in [-0.1, -0.05) is 25.1 Å². The Labute approximate surface area is 89.2 Å². The van der Waals surface area contributed by atoms with Crippen LogP contribution in [0.2, 0.25) is 0 Å². The molecule has 1 aromatic carbocycles. The van der Waals surface area contributed by atoms with Crippen LogP contribution in [0.5, 0.6) is 0 Å². The number of aromatic nitrogens is 1. The third-order valence-corrected chi connectivity index (χ3v) is 3.02. The van der Waals surface area contributed by atoms with Crippen LogP contribution < -0.4 is 5.56 Å². The molecule has 0 aliphatic carbocycles. The molecular formula is C13H15NO. The van der Waals surface area contributed by atoms with Gasteiger partial charge in [-0.15, -0.1) is 0 Å². The number of benzene rings is 1. The standard InChI is InChI=1S/C13H15NO/c1-4-10-9(2)13(15)14(3)12-8-6-5-7-11(10)12/h5-8H,4H2,1-3H3. The predicted octanol–water partition coefficient (Wildman–Crippen LogP) is 2.41. The Morgan fingerprint density at radius 2 is 1.93 bits per heavy atom. The van der Waals surface area contributed by atoms with Crippen molar-refractivity contribution in [3.8, 4) is 0 Å². The van der Waals surface area contributed by atoms with Gasteiger partial charge >= 0.3 is 0 Å². The second-order valence-corrected chi connectivity index (χ2v) is 3.84. The predicted molar refractivity (Wildman–Crippen MR) is 63.3 cm³/mol. The molecule has 2 heteroatoms. The SMILES string of the molecule is CCc1c(C)c(=O)n(C)c2ccccc12. The van der Waals surface area contributed by atoms with Crippen molar-refractivity contribution < 1.29 is 0 Å². The Hall–Kier alpha value is -1.57. The molecule has 2 rings (SSSR count). The molecule has 78 valence electrons. The molecule has 15 heavy (non-hydrogen) atoms. The van der Waals surface area contributed by atoms with Crippen LogP contribution in [-0.2, 0) is 13.5 Å². The molecule has 0 aliphatic heterocycles. The van der Waals surface area contributed by atoms with Crippen LogP contribution in [0, 0.1) is 6.92 Å². The maximum atomic E-state index is 11.9. The molecular weight excluding hydrogens is 186 g/mol. The van der Waals surface area contributed by atoms with Crippen LogP contribution in [0.3, 0.4) is 0 Å². The maximum absolute atomic E-state index is 11.9. The highest BCUT2D eigenvalue weighted by molar-refractivity contribution is 5.83. The van der Waals surface area contributed by atoms with Gasteiger partial charge in [0.1, 0.15) is 0 Å². The molecule has 0 fully saturated rings. The van der Waals surface area contributed by atoms with Gasteiger partial charge in [0, 0.05) is 18.0 Å². The van der Waals surface area contributed by atoms with Crippen LogP contribution in [-0.4, -0.2) is 4.57 Å². The number of fused-ring (bicyclic) bond motifs is 1. The van der Waals surface area contributed by atoms with E-state index in [2.05, 4.69) is 13.0 Å². The summed E-state index contributed by atoms with van der Waals surface area (Å²) in [5.41, 5.74) is 3.18. The van der Waals surface area contributed by atoms with E-state index < -0.39 is 0 Å². The number of aryl methyl sites for hydroxylation is 2. The quantitative estimate of drug-likeness (QED) is 0.694. The average molecular weight is 201 g/mol. The maximum Gasteiger partial charge on any atom is 0.253 e. The Morgan fingerprint density at radius 1 is 1.27 bits per heavy atom. The zero-order chi connectivity index (χ0) is 11.0. The molecule has 0 N–H and O–H groups in total. The molecule has 0 atom stereocenters. The molecule has 1 aromatic heterocycles. The molecule has 0 radical (unpaired) electrons. The highest BCUT2D eigenvalue weighted by Gasteiger charge is 2.09. The van der Waals surface area contributed by atoms with Crippen molar-refractivity contribution in [1.29, 1.82) is 0 Å². The Kier molecular flexibility index (Phi) is 2.35. The summed E-state index contributed by atoms with van der Waals surface area (Å²) in [6, 6.07) is 8.07. The van der Waals surface area contributed by atoms with Crippen molar-refractivity contribution >= 4 is 10.9 Å². The Bertz CT molecular complexity index is 566. The van der Waals surface area contributed by atoms with Crippen LogP contribution >= 0.6 is 0 Å². The number of pyridine rings is 1. The summed E-state index contributed by atoms with van der Waals surface area (Å²) >= 11 is 0. The summed E-state index contributed by atoms with van der Waals surface area (Å²) in [5, 5.41) is 1.19. The summed E-state index contributed by atoms with van der Waals surface area (Å²) < 4.78 is 1.73. The molecule has 0 aliphatic rings. The number of hydrogen-bond donors (Lipinski definition) is 0. The summed E-state index contributed by atoms with van der Waals surface area (Å²) in [6.45, 7) is 4.00. The smallest absolute Gasteiger partial charge is 0.253 e. The monoisotopic (exact) mass is 201 g/mol. The fourth-order valence-electron chi connectivity index (χ4n) is 2.17. The molecule has 2 aromatic rings. The first-order chi connectivity index (χ1) is 7.16. The van der Waals surface area contributed by atoms with E-state index in [1.54, 1.807) is 4.57 Å². The summed E-state index contributed by atoms with van der Waals surface area (Å²) in [7, 11) is 1.83. The van der Waals surface area contributed by atoms with E-state index in [4.69, 9.17) is 0 Å². The van der Waals surface area contributed by atoms with Crippen LogP contribution in [0.25, 0.3) is 10.9 Å². The van der Waals surface area contributed by atoms with Gasteiger partial charge in [0.25, 0.3) is 5.56 Å². The zero-order valence-electron chi connectivity index (χ0n) is 9.37. The number of para-hydroxylation sites is 1. The minimum atomic E-state index is 0.116. The second-order valence-electron chi connectivity index (χ2n) is 3.84. The van der Waals surface area contributed by atoms with Gasteiger partial charge in [0.15, 0.2) is 0 Å². The lowest BCUT2D eigenvalue weighted by molar-refractivity contribution is 0.882. The van der Waals surface area contributed by atoms with Crippen molar-refractivity contribution in [2.24, 2.45) is 7.05 Å². The van der Waals surface area contributed by atoms with E-state index in [0.717, 1.165) is 17.5 Å². The normalized spacial score (nSPS) is 10.9. The van der Waals surface area contributed by atoms with Gasteiger partial charge in [-0.2, -0.15) is 0 Å². The van der Waals surface area contributed by atoms with E-state index >= 15 is 0 Å². The third-order valence-electron chi connectivity index (χ3n) is 3.02. The molecule has 0 spiro atoms. The molecule has 1 heterocycles. The minimum Gasteiger partial charge on any atom is -0.311 e. The van der Waals surface area contributed by atoms with Crippen LogP contribution in [0.15, 0.2) is 29.1 Å². The highest BCUT2D eigenvalue weighted by atomic mass is 16.1. The number of rotatable bonds is 1. The van der Waals surface area contributed by atoms with Gasteiger partial charge in [0.2, 0.25) is 0 Å².